The number of para-hydroxylation sites is 1. The summed E-state index contributed by atoms with van der Waals surface area (Å²) in [6.07, 6.45) is 3.30. The first kappa shape index (κ1) is 16.6. The molecule has 1 aliphatic rings. The Morgan fingerprint density at radius 3 is 2.50 bits per heavy atom. The van der Waals surface area contributed by atoms with Gasteiger partial charge in [0.2, 0.25) is 0 Å². The highest BCUT2D eigenvalue weighted by molar-refractivity contribution is 6.08. The maximum atomic E-state index is 12.9. The number of hydrogen-bond acceptors (Lipinski definition) is 2. The summed E-state index contributed by atoms with van der Waals surface area (Å²) >= 11 is 0. The van der Waals surface area contributed by atoms with Gasteiger partial charge in [-0.3, -0.25) is 4.79 Å². The Balaban J connectivity index is 1.66. The van der Waals surface area contributed by atoms with E-state index >= 15 is 0 Å². The first-order valence-electron chi connectivity index (χ1n) is 8.79. The van der Waals surface area contributed by atoms with Crippen molar-refractivity contribution in [3.63, 3.8) is 0 Å². The number of urea groups is 1. The number of nitrogens with zero attached hydrogens (tertiary/aromatic N) is 2. The van der Waals surface area contributed by atoms with E-state index in [0.717, 1.165) is 42.4 Å². The molecule has 5 heteroatoms. The van der Waals surface area contributed by atoms with E-state index in [1.165, 1.54) is 0 Å². The van der Waals surface area contributed by atoms with Gasteiger partial charge in [0.05, 0.1) is 0 Å². The number of piperidine rings is 1. The monoisotopic (exact) mass is 327 g/mol. The Labute approximate surface area is 142 Å². The average Bonchev–Trinajstić information content (AvgIpc) is 3.06. The third kappa shape index (κ3) is 3.03. The van der Waals surface area contributed by atoms with Crippen LogP contribution in [-0.4, -0.2) is 52.8 Å². The van der Waals surface area contributed by atoms with E-state index in [1.807, 2.05) is 54.1 Å². The van der Waals surface area contributed by atoms with E-state index in [9.17, 15) is 9.59 Å². The molecule has 0 aliphatic carbocycles. The van der Waals surface area contributed by atoms with Gasteiger partial charge in [0.25, 0.3) is 0 Å². The number of nitrogens with one attached hydrogen (secondary N) is 1. The summed E-state index contributed by atoms with van der Waals surface area (Å²) in [7, 11) is 0. The molecule has 1 N–H and O–H groups in total. The van der Waals surface area contributed by atoms with E-state index in [4.69, 9.17) is 0 Å². The zero-order valence-corrected chi connectivity index (χ0v) is 14.4. The lowest BCUT2D eigenvalue weighted by molar-refractivity contribution is 0.0837. The number of aromatic nitrogens is 1. The van der Waals surface area contributed by atoms with Crippen molar-refractivity contribution >= 4 is 22.7 Å². The molecule has 0 bridgehead atoms. The van der Waals surface area contributed by atoms with Crippen molar-refractivity contribution < 1.29 is 9.59 Å². The van der Waals surface area contributed by atoms with Crippen molar-refractivity contribution in [3.8, 4) is 0 Å². The third-order valence-electron chi connectivity index (χ3n) is 5.02. The van der Waals surface area contributed by atoms with Gasteiger partial charge in [-0.05, 0) is 32.8 Å². The molecule has 0 atom stereocenters. The molecule has 0 radical (unpaired) electrons. The Bertz CT molecular complexity index is 725. The second kappa shape index (κ2) is 7.07. The van der Waals surface area contributed by atoms with Gasteiger partial charge in [0.15, 0.2) is 5.78 Å². The number of Topliss-reactive ketones (excluding diaryl/α,β-unsaturated/α-hetero) is 1. The van der Waals surface area contributed by atoms with Gasteiger partial charge < -0.3 is 14.8 Å². The van der Waals surface area contributed by atoms with Crippen LogP contribution in [0, 0.1) is 5.92 Å². The normalized spacial score (nSPS) is 15.7. The molecular weight excluding hydrogens is 302 g/mol. The van der Waals surface area contributed by atoms with Crippen LogP contribution in [0.25, 0.3) is 10.9 Å². The first-order valence-corrected chi connectivity index (χ1v) is 8.79. The molecule has 2 aromatic rings. The quantitative estimate of drug-likeness (QED) is 0.874. The summed E-state index contributed by atoms with van der Waals surface area (Å²) in [6, 6.07) is 7.98. The van der Waals surface area contributed by atoms with Crippen LogP contribution in [0.5, 0.6) is 0 Å². The molecule has 2 heterocycles. The van der Waals surface area contributed by atoms with Crippen LogP contribution in [0.1, 0.15) is 37.0 Å². The highest BCUT2D eigenvalue weighted by Gasteiger charge is 2.30. The molecule has 2 amide bonds. The van der Waals surface area contributed by atoms with Crippen molar-refractivity contribution in [2.45, 2.75) is 26.7 Å². The fraction of sp³-hybridized carbons (Fsp3) is 0.474. The van der Waals surface area contributed by atoms with Crippen LogP contribution in [0.4, 0.5) is 4.79 Å². The van der Waals surface area contributed by atoms with Crippen LogP contribution in [0.15, 0.2) is 30.5 Å². The lowest BCUT2D eigenvalue weighted by atomic mass is 9.89. The van der Waals surface area contributed by atoms with Crippen molar-refractivity contribution in [1.82, 2.24) is 14.8 Å². The number of aromatic amines is 1. The van der Waals surface area contributed by atoms with E-state index in [0.29, 0.717) is 13.1 Å². The topological polar surface area (TPSA) is 56.4 Å². The van der Waals surface area contributed by atoms with Crippen LogP contribution in [-0.2, 0) is 0 Å². The number of likely N-dealkylation sites (tertiary alicyclic amines) is 1. The number of H-pyrrole nitrogens is 1. The zero-order chi connectivity index (χ0) is 17.1. The minimum Gasteiger partial charge on any atom is -0.360 e. The van der Waals surface area contributed by atoms with Gasteiger partial charge >= 0.3 is 6.03 Å². The molecule has 0 spiro atoms. The maximum absolute atomic E-state index is 12.9. The summed E-state index contributed by atoms with van der Waals surface area (Å²) in [5.41, 5.74) is 1.77. The number of rotatable bonds is 4. The molecular formula is C19H25N3O2. The molecule has 3 rings (SSSR count). The molecule has 1 fully saturated rings. The third-order valence-corrected chi connectivity index (χ3v) is 5.02. The fourth-order valence-electron chi connectivity index (χ4n) is 3.52. The Kier molecular flexibility index (Phi) is 4.88. The predicted molar refractivity (Wildman–Crippen MR) is 95.2 cm³/mol. The first-order chi connectivity index (χ1) is 11.7. The maximum Gasteiger partial charge on any atom is 0.319 e. The Morgan fingerprint density at radius 1 is 1.17 bits per heavy atom. The highest BCUT2D eigenvalue weighted by atomic mass is 16.2. The fourth-order valence-corrected chi connectivity index (χ4v) is 3.52. The van der Waals surface area contributed by atoms with E-state index in [1.54, 1.807) is 0 Å². The summed E-state index contributed by atoms with van der Waals surface area (Å²) in [5, 5.41) is 0.990. The summed E-state index contributed by atoms with van der Waals surface area (Å²) in [5.74, 6) is 0.201. The smallest absolute Gasteiger partial charge is 0.319 e. The van der Waals surface area contributed by atoms with Crippen LogP contribution >= 0.6 is 0 Å². The van der Waals surface area contributed by atoms with Crippen molar-refractivity contribution in [1.29, 1.82) is 0 Å². The van der Waals surface area contributed by atoms with Gasteiger partial charge in [0.1, 0.15) is 0 Å². The minimum absolute atomic E-state index is 0.00459. The molecule has 1 aromatic heterocycles. The van der Waals surface area contributed by atoms with Gasteiger partial charge in [0, 0.05) is 54.8 Å². The number of carbonyl (C=O) groups is 2. The Hall–Kier alpha value is -2.30. The number of hydrogen-bond donors (Lipinski definition) is 1. The van der Waals surface area contributed by atoms with Gasteiger partial charge in [-0.2, -0.15) is 0 Å². The second-order valence-electron chi connectivity index (χ2n) is 6.33. The largest absolute Gasteiger partial charge is 0.360 e. The minimum atomic E-state index is 0.00459. The number of ketones is 1. The molecule has 1 saturated heterocycles. The second-order valence-corrected chi connectivity index (χ2v) is 6.33. The van der Waals surface area contributed by atoms with Gasteiger partial charge in [-0.1, -0.05) is 18.2 Å². The molecule has 24 heavy (non-hydrogen) atoms. The van der Waals surface area contributed by atoms with E-state index in [-0.39, 0.29) is 17.7 Å². The number of carbonyl (C=O) groups excluding carboxylic acids is 2. The molecule has 5 nitrogen and oxygen atoms in total. The van der Waals surface area contributed by atoms with Crippen LogP contribution in [0.2, 0.25) is 0 Å². The van der Waals surface area contributed by atoms with E-state index in [2.05, 4.69) is 4.98 Å². The molecule has 128 valence electrons. The predicted octanol–water partition coefficient (Wildman–Crippen LogP) is 3.52. The standard InChI is InChI=1S/C19H25N3O2/c1-3-21(4-2)19(24)22-11-9-14(10-12-22)18(23)16-13-20-17-8-6-5-7-15(16)17/h5-8,13-14,20H,3-4,9-12H2,1-2H3. The Morgan fingerprint density at radius 2 is 1.83 bits per heavy atom. The SMILES string of the molecule is CCN(CC)C(=O)N1CCC(C(=O)c2c[nH]c3ccccc23)CC1. The zero-order valence-electron chi connectivity index (χ0n) is 14.4. The van der Waals surface area contributed by atoms with E-state index < -0.39 is 0 Å². The highest BCUT2D eigenvalue weighted by Crippen LogP contribution is 2.26. The number of benzene rings is 1. The lowest BCUT2D eigenvalue weighted by Crippen LogP contribution is -2.47. The summed E-state index contributed by atoms with van der Waals surface area (Å²) in [4.78, 5) is 32.2. The van der Waals surface area contributed by atoms with Crippen LogP contribution < -0.4 is 0 Å². The lowest BCUT2D eigenvalue weighted by Gasteiger charge is -2.34. The van der Waals surface area contributed by atoms with Crippen molar-refractivity contribution in [3.05, 3.63) is 36.0 Å². The molecule has 0 saturated carbocycles. The average molecular weight is 327 g/mol. The summed E-state index contributed by atoms with van der Waals surface area (Å²) < 4.78 is 0. The summed E-state index contributed by atoms with van der Waals surface area (Å²) in [6.45, 7) is 6.76. The number of fused-ring (bicyclic) bond motifs is 1. The molecule has 1 aliphatic heterocycles. The van der Waals surface area contributed by atoms with Crippen molar-refractivity contribution in [2.75, 3.05) is 26.2 Å². The molecule has 1 aromatic carbocycles. The molecule has 0 unspecified atom stereocenters. The van der Waals surface area contributed by atoms with Gasteiger partial charge in [-0.25, -0.2) is 4.79 Å². The van der Waals surface area contributed by atoms with Crippen LogP contribution in [0.3, 0.4) is 0 Å². The van der Waals surface area contributed by atoms with Crippen molar-refractivity contribution in [2.24, 2.45) is 5.92 Å². The number of amides is 2. The van der Waals surface area contributed by atoms with Gasteiger partial charge in [-0.15, -0.1) is 0 Å².